The van der Waals surface area contributed by atoms with Gasteiger partial charge in [0, 0.05) is 12.0 Å². The Balaban J connectivity index is 1.64. The molecule has 138 valence electrons. The fraction of sp³-hybridized carbons (Fsp3) is 0.474. The number of carbonyl (C=O) groups excluding carboxylic acids is 2. The SMILES string of the molecule is CC(C)(C)c1nnc(NC(=O)C2CCCN2C(=O)Cc2ccccc2)s1. The lowest BCUT2D eigenvalue weighted by atomic mass is 9.98. The molecule has 2 aromatic rings. The van der Waals surface area contributed by atoms with Gasteiger partial charge in [-0.25, -0.2) is 0 Å². The van der Waals surface area contributed by atoms with Gasteiger partial charge in [-0.15, -0.1) is 10.2 Å². The van der Waals surface area contributed by atoms with Crippen LogP contribution in [0.1, 0.15) is 44.2 Å². The van der Waals surface area contributed by atoms with E-state index in [2.05, 4.69) is 36.3 Å². The summed E-state index contributed by atoms with van der Waals surface area (Å²) < 4.78 is 0. The minimum Gasteiger partial charge on any atom is -0.330 e. The zero-order valence-electron chi connectivity index (χ0n) is 15.4. The molecule has 0 saturated carbocycles. The van der Waals surface area contributed by atoms with Crippen LogP contribution in [-0.4, -0.2) is 39.5 Å². The third-order valence-electron chi connectivity index (χ3n) is 4.37. The van der Waals surface area contributed by atoms with Crippen molar-refractivity contribution in [1.82, 2.24) is 15.1 Å². The maximum atomic E-state index is 12.7. The van der Waals surface area contributed by atoms with E-state index in [0.29, 0.717) is 24.5 Å². The van der Waals surface area contributed by atoms with Gasteiger partial charge in [-0.2, -0.15) is 0 Å². The second-order valence-electron chi connectivity index (χ2n) is 7.56. The van der Waals surface area contributed by atoms with Crippen LogP contribution in [0.2, 0.25) is 0 Å². The van der Waals surface area contributed by atoms with Gasteiger partial charge >= 0.3 is 0 Å². The number of likely N-dealkylation sites (tertiary alicyclic amines) is 1. The normalized spacial score (nSPS) is 17.3. The van der Waals surface area contributed by atoms with E-state index in [-0.39, 0.29) is 17.2 Å². The first-order chi connectivity index (χ1) is 12.3. The number of hydrogen-bond acceptors (Lipinski definition) is 5. The van der Waals surface area contributed by atoms with Crippen LogP contribution in [0.5, 0.6) is 0 Å². The lowest BCUT2D eigenvalue weighted by Crippen LogP contribution is -2.43. The van der Waals surface area contributed by atoms with Gasteiger partial charge in [0.25, 0.3) is 0 Å². The van der Waals surface area contributed by atoms with Crippen molar-refractivity contribution in [3.05, 3.63) is 40.9 Å². The van der Waals surface area contributed by atoms with Crippen LogP contribution in [0.15, 0.2) is 30.3 Å². The number of amides is 2. The molecule has 1 unspecified atom stereocenters. The highest BCUT2D eigenvalue weighted by atomic mass is 32.1. The molecular formula is C19H24N4O2S. The van der Waals surface area contributed by atoms with Crippen LogP contribution in [0.4, 0.5) is 5.13 Å². The van der Waals surface area contributed by atoms with Crippen molar-refractivity contribution in [1.29, 1.82) is 0 Å². The standard InChI is InChI=1S/C19H24N4O2S/c1-19(2,3)17-21-22-18(26-17)20-16(25)14-10-7-11-23(14)15(24)12-13-8-5-4-6-9-13/h4-6,8-9,14H,7,10-12H2,1-3H3,(H,20,22,25). The number of hydrogen-bond donors (Lipinski definition) is 1. The summed E-state index contributed by atoms with van der Waals surface area (Å²) in [6, 6.07) is 9.18. The highest BCUT2D eigenvalue weighted by molar-refractivity contribution is 7.15. The molecule has 6 nitrogen and oxygen atoms in total. The maximum absolute atomic E-state index is 12.7. The average Bonchev–Trinajstić information content (AvgIpc) is 3.24. The number of carbonyl (C=O) groups is 2. The van der Waals surface area contributed by atoms with E-state index >= 15 is 0 Å². The van der Waals surface area contributed by atoms with E-state index in [1.54, 1.807) is 4.90 Å². The van der Waals surface area contributed by atoms with Gasteiger partial charge in [-0.1, -0.05) is 62.4 Å². The Labute approximate surface area is 157 Å². The third-order valence-corrected chi connectivity index (χ3v) is 5.64. The molecule has 1 aliphatic heterocycles. The Morgan fingerprint density at radius 2 is 1.96 bits per heavy atom. The summed E-state index contributed by atoms with van der Waals surface area (Å²) in [6.45, 7) is 6.79. The summed E-state index contributed by atoms with van der Waals surface area (Å²) in [7, 11) is 0. The lowest BCUT2D eigenvalue weighted by molar-refractivity contribution is -0.136. The zero-order chi connectivity index (χ0) is 18.7. The van der Waals surface area contributed by atoms with Crippen LogP contribution >= 0.6 is 11.3 Å². The third kappa shape index (κ3) is 4.27. The van der Waals surface area contributed by atoms with E-state index in [0.717, 1.165) is 17.0 Å². The van der Waals surface area contributed by atoms with Crippen LogP contribution < -0.4 is 5.32 Å². The van der Waals surface area contributed by atoms with Gasteiger partial charge < -0.3 is 4.90 Å². The molecule has 1 aliphatic rings. The van der Waals surface area contributed by atoms with E-state index in [4.69, 9.17) is 0 Å². The van der Waals surface area contributed by atoms with E-state index < -0.39 is 6.04 Å². The van der Waals surface area contributed by atoms with Crippen molar-refractivity contribution in [2.45, 2.75) is 51.5 Å². The van der Waals surface area contributed by atoms with Gasteiger partial charge in [-0.05, 0) is 18.4 Å². The number of nitrogens with zero attached hydrogens (tertiary/aromatic N) is 3. The molecule has 1 aromatic carbocycles. The molecular weight excluding hydrogens is 348 g/mol. The summed E-state index contributed by atoms with van der Waals surface area (Å²) in [4.78, 5) is 27.0. The smallest absolute Gasteiger partial charge is 0.249 e. The second kappa shape index (κ2) is 7.53. The fourth-order valence-corrected chi connectivity index (χ4v) is 3.78. The monoisotopic (exact) mass is 372 g/mol. The molecule has 2 heterocycles. The number of nitrogens with one attached hydrogen (secondary N) is 1. The van der Waals surface area contributed by atoms with Crippen LogP contribution in [-0.2, 0) is 21.4 Å². The highest BCUT2D eigenvalue weighted by Gasteiger charge is 2.34. The van der Waals surface area contributed by atoms with Crippen molar-refractivity contribution < 1.29 is 9.59 Å². The van der Waals surface area contributed by atoms with Gasteiger partial charge in [0.1, 0.15) is 11.0 Å². The van der Waals surface area contributed by atoms with E-state index in [1.807, 2.05) is 30.3 Å². The van der Waals surface area contributed by atoms with Crippen molar-refractivity contribution >= 4 is 28.3 Å². The summed E-state index contributed by atoms with van der Waals surface area (Å²) in [6.07, 6.45) is 1.83. The molecule has 1 N–H and O–H groups in total. The Bertz CT molecular complexity index is 782. The number of benzene rings is 1. The molecule has 1 aromatic heterocycles. The topological polar surface area (TPSA) is 75.2 Å². The summed E-state index contributed by atoms with van der Waals surface area (Å²) in [5.41, 5.74) is 0.855. The number of anilines is 1. The van der Waals surface area contributed by atoms with Gasteiger partial charge in [0.2, 0.25) is 16.9 Å². The molecule has 7 heteroatoms. The number of aromatic nitrogens is 2. The summed E-state index contributed by atoms with van der Waals surface area (Å²) in [5.74, 6) is -0.193. The molecule has 26 heavy (non-hydrogen) atoms. The Kier molecular flexibility index (Phi) is 5.36. The highest BCUT2D eigenvalue weighted by Crippen LogP contribution is 2.28. The molecule has 1 atom stereocenters. The Morgan fingerprint density at radius 1 is 1.23 bits per heavy atom. The van der Waals surface area contributed by atoms with Crippen LogP contribution in [0.3, 0.4) is 0 Å². The minimum atomic E-state index is -0.437. The first kappa shape index (κ1) is 18.5. The van der Waals surface area contributed by atoms with E-state index in [1.165, 1.54) is 11.3 Å². The van der Waals surface area contributed by atoms with Crippen molar-refractivity contribution in [2.24, 2.45) is 0 Å². The number of rotatable bonds is 4. The van der Waals surface area contributed by atoms with Crippen molar-refractivity contribution in [2.75, 3.05) is 11.9 Å². The first-order valence-corrected chi connectivity index (χ1v) is 9.64. The quantitative estimate of drug-likeness (QED) is 0.895. The molecule has 3 rings (SSSR count). The Morgan fingerprint density at radius 3 is 2.62 bits per heavy atom. The summed E-state index contributed by atoms with van der Waals surface area (Å²) in [5, 5.41) is 12.4. The minimum absolute atomic E-state index is 0.0125. The molecule has 0 radical (unpaired) electrons. The van der Waals surface area contributed by atoms with Crippen molar-refractivity contribution in [3.63, 3.8) is 0 Å². The van der Waals surface area contributed by atoms with Gasteiger partial charge in [0.05, 0.1) is 6.42 Å². The molecule has 0 aliphatic carbocycles. The zero-order valence-corrected chi connectivity index (χ0v) is 16.2. The predicted molar refractivity (Wildman–Crippen MR) is 102 cm³/mol. The lowest BCUT2D eigenvalue weighted by Gasteiger charge is -2.23. The largest absolute Gasteiger partial charge is 0.330 e. The first-order valence-electron chi connectivity index (χ1n) is 8.83. The maximum Gasteiger partial charge on any atom is 0.249 e. The fourth-order valence-electron chi connectivity index (χ4n) is 2.98. The van der Waals surface area contributed by atoms with Crippen LogP contribution in [0.25, 0.3) is 0 Å². The Hall–Kier alpha value is -2.28. The molecule has 1 saturated heterocycles. The molecule has 2 amide bonds. The van der Waals surface area contributed by atoms with Gasteiger partial charge in [-0.3, -0.25) is 14.9 Å². The molecule has 1 fully saturated rings. The summed E-state index contributed by atoms with van der Waals surface area (Å²) >= 11 is 1.38. The van der Waals surface area contributed by atoms with Crippen LogP contribution in [0, 0.1) is 0 Å². The second-order valence-corrected chi connectivity index (χ2v) is 8.54. The van der Waals surface area contributed by atoms with Gasteiger partial charge in [0.15, 0.2) is 0 Å². The van der Waals surface area contributed by atoms with E-state index in [9.17, 15) is 9.59 Å². The molecule has 0 bridgehead atoms. The van der Waals surface area contributed by atoms with Crippen molar-refractivity contribution in [3.8, 4) is 0 Å². The average molecular weight is 372 g/mol. The predicted octanol–water partition coefficient (Wildman–Crippen LogP) is 3.01. The molecule has 0 spiro atoms.